The molecule has 3 aromatic carbocycles. The van der Waals surface area contributed by atoms with Crippen LogP contribution in [0.2, 0.25) is 5.02 Å². The molecule has 2 amide bonds. The maximum atomic E-state index is 12.2. The number of esters is 1. The molecule has 0 fully saturated rings. The van der Waals surface area contributed by atoms with E-state index in [4.69, 9.17) is 16.3 Å². The van der Waals surface area contributed by atoms with Crippen molar-refractivity contribution < 1.29 is 19.1 Å². The third kappa shape index (κ3) is 5.52. The summed E-state index contributed by atoms with van der Waals surface area (Å²) in [6.45, 7) is 0. The van der Waals surface area contributed by atoms with Crippen LogP contribution in [0.1, 0.15) is 15.9 Å². The van der Waals surface area contributed by atoms with Crippen LogP contribution in [-0.4, -0.2) is 24.0 Å². The fraction of sp³-hybridized carbons (Fsp3) is 0. The van der Waals surface area contributed by atoms with Gasteiger partial charge in [0, 0.05) is 5.56 Å². The first-order valence-corrected chi connectivity index (χ1v) is 9.17. The zero-order chi connectivity index (χ0) is 21.3. The van der Waals surface area contributed by atoms with E-state index in [1.165, 1.54) is 6.21 Å². The number of hydrogen-bond acceptors (Lipinski definition) is 5. The van der Waals surface area contributed by atoms with E-state index in [9.17, 15) is 14.4 Å². The summed E-state index contributed by atoms with van der Waals surface area (Å²) in [5.41, 5.74) is 3.26. The number of hydrogen-bond donors (Lipinski definition) is 2. The van der Waals surface area contributed by atoms with Crippen molar-refractivity contribution in [2.75, 3.05) is 5.32 Å². The molecule has 0 aromatic heterocycles. The van der Waals surface area contributed by atoms with Gasteiger partial charge in [-0.1, -0.05) is 54.1 Å². The van der Waals surface area contributed by atoms with Crippen LogP contribution in [0, 0.1) is 0 Å². The first kappa shape index (κ1) is 20.8. The van der Waals surface area contributed by atoms with Gasteiger partial charge in [0.1, 0.15) is 5.75 Å². The molecule has 3 aromatic rings. The van der Waals surface area contributed by atoms with Gasteiger partial charge >= 0.3 is 17.8 Å². The average molecular weight is 422 g/mol. The van der Waals surface area contributed by atoms with E-state index in [0.29, 0.717) is 21.8 Å². The van der Waals surface area contributed by atoms with Crippen molar-refractivity contribution in [1.29, 1.82) is 0 Å². The summed E-state index contributed by atoms with van der Waals surface area (Å²) < 4.78 is 5.39. The van der Waals surface area contributed by atoms with Gasteiger partial charge in [0.05, 0.1) is 22.5 Å². The molecule has 0 saturated carbocycles. The van der Waals surface area contributed by atoms with E-state index in [0.717, 1.165) is 0 Å². The molecule has 0 radical (unpaired) electrons. The third-order valence-electron chi connectivity index (χ3n) is 3.83. The Hall–Kier alpha value is -3.97. The van der Waals surface area contributed by atoms with Crippen LogP contribution in [0.4, 0.5) is 5.69 Å². The van der Waals surface area contributed by atoms with E-state index in [2.05, 4.69) is 15.8 Å². The van der Waals surface area contributed by atoms with Gasteiger partial charge < -0.3 is 10.1 Å². The van der Waals surface area contributed by atoms with Gasteiger partial charge in [0.15, 0.2) is 0 Å². The van der Waals surface area contributed by atoms with Gasteiger partial charge in [-0.2, -0.15) is 5.10 Å². The van der Waals surface area contributed by atoms with Crippen LogP contribution in [0.15, 0.2) is 84.0 Å². The second kappa shape index (κ2) is 9.99. The number of nitrogens with one attached hydrogen (secondary N) is 2. The summed E-state index contributed by atoms with van der Waals surface area (Å²) in [6.07, 6.45) is 1.27. The molecule has 2 N–H and O–H groups in total. The van der Waals surface area contributed by atoms with Crippen LogP contribution in [0.3, 0.4) is 0 Å². The first-order valence-electron chi connectivity index (χ1n) is 8.80. The summed E-state index contributed by atoms with van der Waals surface area (Å²) >= 11 is 5.94. The molecule has 0 aliphatic carbocycles. The van der Waals surface area contributed by atoms with Gasteiger partial charge in [0.25, 0.3) is 0 Å². The monoisotopic (exact) mass is 421 g/mol. The minimum absolute atomic E-state index is 0.255. The summed E-state index contributed by atoms with van der Waals surface area (Å²) in [7, 11) is 0. The molecule has 0 unspecified atom stereocenters. The maximum Gasteiger partial charge on any atom is 0.343 e. The topological polar surface area (TPSA) is 96.9 Å². The molecule has 0 bridgehead atoms. The number of carbonyl (C=O) groups excluding carboxylic acids is 3. The van der Waals surface area contributed by atoms with Crippen molar-refractivity contribution in [2.45, 2.75) is 0 Å². The number of amides is 2. The van der Waals surface area contributed by atoms with Crippen molar-refractivity contribution in [3.8, 4) is 5.75 Å². The number of ether oxygens (including phenoxy) is 1. The number of benzene rings is 3. The van der Waals surface area contributed by atoms with Gasteiger partial charge in [-0.05, 0) is 36.4 Å². The lowest BCUT2D eigenvalue weighted by atomic mass is 10.2. The minimum atomic E-state index is -0.982. The van der Waals surface area contributed by atoms with Crippen LogP contribution in [0.5, 0.6) is 5.75 Å². The molecule has 7 nitrogen and oxygen atoms in total. The summed E-state index contributed by atoms with van der Waals surface area (Å²) in [5.74, 6) is -2.18. The van der Waals surface area contributed by atoms with E-state index < -0.39 is 17.8 Å². The Morgan fingerprint density at radius 2 is 1.50 bits per heavy atom. The predicted molar refractivity (Wildman–Crippen MR) is 114 cm³/mol. The molecular formula is C22H16ClN3O4. The van der Waals surface area contributed by atoms with Gasteiger partial charge in [0.2, 0.25) is 0 Å². The Labute approximate surface area is 177 Å². The van der Waals surface area contributed by atoms with Crippen LogP contribution in [-0.2, 0) is 9.59 Å². The largest absolute Gasteiger partial charge is 0.422 e. The Kier molecular flexibility index (Phi) is 6.91. The second-order valence-electron chi connectivity index (χ2n) is 5.93. The third-order valence-corrected chi connectivity index (χ3v) is 4.16. The first-order chi connectivity index (χ1) is 14.5. The lowest BCUT2D eigenvalue weighted by molar-refractivity contribution is -0.136. The van der Waals surface area contributed by atoms with E-state index in [1.54, 1.807) is 78.9 Å². The predicted octanol–water partition coefficient (Wildman–Crippen LogP) is 3.65. The summed E-state index contributed by atoms with van der Waals surface area (Å²) in [4.78, 5) is 36.1. The SMILES string of the molecule is O=C(N/N=C/c1ccccc1OC(=O)c1ccccc1)C(=O)Nc1ccccc1Cl. The molecule has 8 heteroatoms. The molecule has 0 spiro atoms. The highest BCUT2D eigenvalue weighted by molar-refractivity contribution is 6.41. The van der Waals surface area contributed by atoms with Crippen LogP contribution < -0.4 is 15.5 Å². The van der Waals surface area contributed by atoms with Crippen molar-refractivity contribution >= 4 is 41.3 Å². The van der Waals surface area contributed by atoms with Gasteiger partial charge in [-0.3, -0.25) is 9.59 Å². The zero-order valence-electron chi connectivity index (χ0n) is 15.5. The quantitative estimate of drug-likeness (QED) is 0.216. The van der Waals surface area contributed by atoms with Crippen molar-refractivity contribution in [3.63, 3.8) is 0 Å². The number of nitrogens with zero attached hydrogens (tertiary/aromatic N) is 1. The number of carbonyl (C=O) groups is 3. The smallest absolute Gasteiger partial charge is 0.343 e. The second-order valence-corrected chi connectivity index (χ2v) is 6.33. The number of rotatable bonds is 5. The zero-order valence-corrected chi connectivity index (χ0v) is 16.3. The number of halogens is 1. The van der Waals surface area contributed by atoms with Crippen molar-refractivity contribution in [3.05, 3.63) is 95.0 Å². The molecule has 150 valence electrons. The Morgan fingerprint density at radius 1 is 0.833 bits per heavy atom. The fourth-order valence-electron chi connectivity index (χ4n) is 2.37. The Morgan fingerprint density at radius 3 is 2.27 bits per heavy atom. The van der Waals surface area contributed by atoms with Crippen LogP contribution in [0.25, 0.3) is 0 Å². The lowest BCUT2D eigenvalue weighted by Crippen LogP contribution is -2.32. The Bertz CT molecular complexity index is 1100. The van der Waals surface area contributed by atoms with Gasteiger partial charge in [-0.25, -0.2) is 10.2 Å². The van der Waals surface area contributed by atoms with E-state index in [1.807, 2.05) is 0 Å². The summed E-state index contributed by atoms with van der Waals surface area (Å²) in [6, 6.07) is 21.7. The standard InChI is InChI=1S/C22H16ClN3O4/c23-17-11-5-6-12-18(17)25-20(27)21(28)26-24-14-16-10-4-7-13-19(16)30-22(29)15-8-2-1-3-9-15/h1-14H,(H,25,27)(H,26,28)/b24-14+. The highest BCUT2D eigenvalue weighted by Crippen LogP contribution is 2.20. The van der Waals surface area contributed by atoms with Crippen LogP contribution >= 0.6 is 11.6 Å². The highest BCUT2D eigenvalue weighted by atomic mass is 35.5. The van der Waals surface area contributed by atoms with Crippen molar-refractivity contribution in [2.24, 2.45) is 5.10 Å². The molecule has 0 atom stereocenters. The van der Waals surface area contributed by atoms with Crippen molar-refractivity contribution in [1.82, 2.24) is 5.43 Å². The number of para-hydroxylation sites is 2. The minimum Gasteiger partial charge on any atom is -0.422 e. The van der Waals surface area contributed by atoms with E-state index >= 15 is 0 Å². The lowest BCUT2D eigenvalue weighted by Gasteiger charge is -2.07. The Balaban J connectivity index is 1.62. The highest BCUT2D eigenvalue weighted by Gasteiger charge is 2.14. The average Bonchev–Trinajstić information content (AvgIpc) is 2.77. The molecule has 0 saturated heterocycles. The van der Waals surface area contributed by atoms with Gasteiger partial charge in [-0.15, -0.1) is 0 Å². The normalized spacial score (nSPS) is 10.4. The molecule has 0 aliphatic rings. The fourth-order valence-corrected chi connectivity index (χ4v) is 2.55. The summed E-state index contributed by atoms with van der Waals surface area (Å²) in [5, 5.41) is 6.45. The molecule has 3 rings (SSSR count). The van der Waals surface area contributed by atoms with E-state index in [-0.39, 0.29) is 5.75 Å². The number of anilines is 1. The molecular weight excluding hydrogens is 406 g/mol. The molecule has 0 heterocycles. The number of hydrazone groups is 1. The maximum absolute atomic E-state index is 12.2. The molecule has 30 heavy (non-hydrogen) atoms. The molecule has 0 aliphatic heterocycles.